The van der Waals surface area contributed by atoms with Crippen molar-refractivity contribution in [2.24, 2.45) is 0 Å². The van der Waals surface area contributed by atoms with E-state index in [1.807, 2.05) is 0 Å². The molecule has 0 saturated carbocycles. The van der Waals surface area contributed by atoms with Crippen molar-refractivity contribution in [2.75, 3.05) is 6.61 Å². The fraction of sp³-hybridized carbons (Fsp3) is 0.400. The topological polar surface area (TPSA) is 110 Å². The Balaban J connectivity index is 1.89. The van der Waals surface area contributed by atoms with Crippen molar-refractivity contribution in [1.29, 1.82) is 0 Å². The van der Waals surface area contributed by atoms with Crippen LogP contribution in [0.1, 0.15) is 17.2 Å². The number of benzene rings is 2. The quantitative estimate of drug-likeness (QED) is 0.523. The predicted molar refractivity (Wildman–Crippen MR) is 95.3 cm³/mol. The first-order valence-electron chi connectivity index (χ1n) is 8.78. The Morgan fingerprint density at radius 1 is 0.929 bits per heavy atom. The fourth-order valence-electron chi connectivity index (χ4n) is 3.48. The normalized spacial score (nSPS) is 28.9. The third kappa shape index (κ3) is 3.93. The van der Waals surface area contributed by atoms with Crippen molar-refractivity contribution < 1.29 is 39.1 Å². The number of rotatable bonds is 4. The van der Waals surface area contributed by atoms with Crippen LogP contribution in [0.4, 0.5) is 8.78 Å². The molecule has 2 aromatic carbocycles. The summed E-state index contributed by atoms with van der Waals surface area (Å²) < 4.78 is 32.3. The summed E-state index contributed by atoms with van der Waals surface area (Å²) in [6.45, 7) is 1.07. The zero-order valence-electron chi connectivity index (χ0n) is 15.0. The van der Waals surface area contributed by atoms with Gasteiger partial charge in [0.2, 0.25) is 0 Å². The van der Waals surface area contributed by atoms with E-state index >= 15 is 0 Å². The number of hydrogen-bond donors (Lipinski definition) is 5. The largest absolute Gasteiger partial charge is 0.394 e. The molecule has 1 aliphatic heterocycles. The minimum atomic E-state index is -1.60. The van der Waals surface area contributed by atoms with Crippen molar-refractivity contribution in [3.8, 4) is 11.1 Å². The Labute approximate surface area is 160 Å². The molecular weight excluding hydrogens is 374 g/mol. The molecule has 0 aliphatic carbocycles. The average Bonchev–Trinajstić information content (AvgIpc) is 2.65. The third-order valence-electron chi connectivity index (χ3n) is 5.02. The number of aliphatic hydroxyl groups excluding tert-OH is 5. The van der Waals surface area contributed by atoms with Gasteiger partial charge in [-0.05, 0) is 41.3 Å². The van der Waals surface area contributed by atoms with E-state index in [9.17, 15) is 34.3 Å². The van der Waals surface area contributed by atoms with Crippen molar-refractivity contribution in [3.05, 3.63) is 59.2 Å². The highest BCUT2D eigenvalue weighted by molar-refractivity contribution is 5.65. The van der Waals surface area contributed by atoms with Gasteiger partial charge in [-0.2, -0.15) is 0 Å². The highest BCUT2D eigenvalue weighted by Gasteiger charge is 2.46. The summed E-state index contributed by atoms with van der Waals surface area (Å²) in [7, 11) is 0. The summed E-state index contributed by atoms with van der Waals surface area (Å²) >= 11 is 0. The Bertz CT molecular complexity index is 823. The van der Waals surface area contributed by atoms with Crippen LogP contribution in [0, 0.1) is 18.6 Å². The van der Waals surface area contributed by atoms with Gasteiger partial charge in [0.15, 0.2) is 0 Å². The number of aliphatic hydroxyl groups is 5. The Morgan fingerprint density at radius 2 is 1.57 bits per heavy atom. The zero-order valence-corrected chi connectivity index (χ0v) is 15.0. The number of hydrogen-bond acceptors (Lipinski definition) is 6. The molecule has 28 heavy (non-hydrogen) atoms. The van der Waals surface area contributed by atoms with E-state index in [1.165, 1.54) is 18.2 Å². The van der Waals surface area contributed by atoms with Gasteiger partial charge in [-0.25, -0.2) is 8.78 Å². The van der Waals surface area contributed by atoms with Crippen molar-refractivity contribution in [3.63, 3.8) is 0 Å². The van der Waals surface area contributed by atoms with E-state index in [1.54, 1.807) is 19.1 Å². The maximum atomic E-state index is 13.5. The van der Waals surface area contributed by atoms with Crippen LogP contribution in [0.25, 0.3) is 11.1 Å². The molecule has 0 radical (unpaired) electrons. The molecule has 6 atom stereocenters. The van der Waals surface area contributed by atoms with Gasteiger partial charge in [-0.1, -0.05) is 18.2 Å². The smallest absolute Gasteiger partial charge is 0.126 e. The van der Waals surface area contributed by atoms with E-state index < -0.39 is 54.9 Å². The molecule has 0 aromatic heterocycles. The molecule has 1 aliphatic rings. The third-order valence-corrected chi connectivity index (χ3v) is 5.02. The van der Waals surface area contributed by atoms with Gasteiger partial charge in [-0.3, -0.25) is 0 Å². The SMILES string of the molecule is Cc1cc(-c2cc(F)cc(F)c2)ccc1[C@@H](O)[C@H]1OC(CO)[C@@H](O)[C@H](O)C1O. The van der Waals surface area contributed by atoms with Gasteiger partial charge in [0.05, 0.1) is 6.61 Å². The molecule has 2 unspecified atom stereocenters. The van der Waals surface area contributed by atoms with Crippen LogP contribution in [0.3, 0.4) is 0 Å². The molecule has 0 spiro atoms. The molecule has 0 amide bonds. The minimum Gasteiger partial charge on any atom is -0.394 e. The summed E-state index contributed by atoms with van der Waals surface area (Å²) in [4.78, 5) is 0. The van der Waals surface area contributed by atoms with Crippen molar-refractivity contribution >= 4 is 0 Å². The summed E-state index contributed by atoms with van der Waals surface area (Å²) in [5, 5.41) is 49.9. The van der Waals surface area contributed by atoms with Crippen LogP contribution < -0.4 is 0 Å². The molecule has 5 N–H and O–H groups in total. The van der Waals surface area contributed by atoms with E-state index in [0.29, 0.717) is 22.3 Å². The van der Waals surface area contributed by atoms with Gasteiger partial charge in [0.25, 0.3) is 0 Å². The lowest BCUT2D eigenvalue weighted by Gasteiger charge is -2.42. The molecule has 0 bridgehead atoms. The summed E-state index contributed by atoms with van der Waals surface area (Å²) in [6.07, 6.45) is -8.48. The first-order valence-corrected chi connectivity index (χ1v) is 8.78. The van der Waals surface area contributed by atoms with E-state index in [4.69, 9.17) is 4.74 Å². The second-order valence-electron chi connectivity index (χ2n) is 6.97. The monoisotopic (exact) mass is 396 g/mol. The molecule has 1 heterocycles. The van der Waals surface area contributed by atoms with E-state index in [-0.39, 0.29) is 0 Å². The van der Waals surface area contributed by atoms with Crippen molar-refractivity contribution in [2.45, 2.75) is 43.5 Å². The van der Waals surface area contributed by atoms with E-state index in [2.05, 4.69) is 0 Å². The minimum absolute atomic E-state index is 0.328. The maximum absolute atomic E-state index is 13.5. The molecule has 1 fully saturated rings. The lowest BCUT2D eigenvalue weighted by atomic mass is 9.88. The first kappa shape index (κ1) is 20.8. The molecule has 6 nitrogen and oxygen atoms in total. The summed E-state index contributed by atoms with van der Waals surface area (Å²) in [6, 6.07) is 7.85. The van der Waals surface area contributed by atoms with Crippen LogP contribution in [-0.2, 0) is 4.74 Å². The Hall–Kier alpha value is -1.94. The molecule has 1 saturated heterocycles. The highest BCUT2D eigenvalue weighted by Crippen LogP contribution is 2.33. The molecule has 152 valence electrons. The van der Waals surface area contributed by atoms with Gasteiger partial charge in [0, 0.05) is 6.07 Å². The van der Waals surface area contributed by atoms with Crippen LogP contribution in [0.5, 0.6) is 0 Å². The molecule has 3 rings (SSSR count). The van der Waals surface area contributed by atoms with E-state index in [0.717, 1.165) is 6.07 Å². The predicted octanol–water partition coefficient (Wildman–Crippen LogP) is 0.816. The van der Waals surface area contributed by atoms with Crippen LogP contribution in [0.15, 0.2) is 36.4 Å². The van der Waals surface area contributed by atoms with Gasteiger partial charge < -0.3 is 30.3 Å². The van der Waals surface area contributed by atoms with Crippen LogP contribution in [0.2, 0.25) is 0 Å². The van der Waals surface area contributed by atoms with Gasteiger partial charge in [-0.15, -0.1) is 0 Å². The molecular formula is C20H22F2O6. The molecule has 2 aromatic rings. The number of ether oxygens (including phenoxy) is 1. The Kier molecular flexibility index (Phi) is 6.09. The second kappa shape index (κ2) is 8.20. The standard InChI is InChI=1S/C20H22F2O6/c1-9-4-10(11-5-12(21)7-13(22)6-11)2-3-14(9)16(24)20-19(27)18(26)17(25)15(8-23)28-20/h2-7,15-20,23-27H,8H2,1H3/t15?,16-,17-,18+,19?,20-/m1/s1. The lowest BCUT2D eigenvalue weighted by molar-refractivity contribution is -0.250. The fourth-order valence-corrected chi connectivity index (χ4v) is 3.48. The lowest BCUT2D eigenvalue weighted by Crippen LogP contribution is -2.59. The number of aryl methyl sites for hydroxylation is 1. The van der Waals surface area contributed by atoms with Gasteiger partial charge in [0.1, 0.15) is 48.3 Å². The second-order valence-corrected chi connectivity index (χ2v) is 6.97. The average molecular weight is 396 g/mol. The molecule has 8 heteroatoms. The van der Waals surface area contributed by atoms with Crippen LogP contribution in [-0.4, -0.2) is 62.7 Å². The van der Waals surface area contributed by atoms with Gasteiger partial charge >= 0.3 is 0 Å². The van der Waals surface area contributed by atoms with Crippen molar-refractivity contribution in [1.82, 2.24) is 0 Å². The summed E-state index contributed by atoms with van der Waals surface area (Å²) in [5.74, 6) is -1.42. The van der Waals surface area contributed by atoms with Crippen LogP contribution >= 0.6 is 0 Å². The number of halogens is 2. The zero-order chi connectivity index (χ0) is 20.6. The maximum Gasteiger partial charge on any atom is 0.126 e. The Morgan fingerprint density at radius 3 is 2.14 bits per heavy atom. The highest BCUT2D eigenvalue weighted by atomic mass is 19.1. The first-order chi connectivity index (χ1) is 13.2. The summed E-state index contributed by atoms with van der Waals surface area (Å²) in [5.41, 5.74) is 1.78.